The van der Waals surface area contributed by atoms with Gasteiger partial charge in [0.15, 0.2) is 0 Å². The number of halogens is 1. The molecule has 5 nitrogen and oxygen atoms in total. The van der Waals surface area contributed by atoms with Crippen LogP contribution in [-0.4, -0.2) is 21.0 Å². The molecule has 2 aromatic rings. The quantitative estimate of drug-likeness (QED) is 0.715. The number of nitrogens with one attached hydrogen (secondary N) is 1. The van der Waals surface area contributed by atoms with Gasteiger partial charge in [0.05, 0.1) is 16.5 Å². The topological polar surface area (TPSA) is 83.0 Å². The van der Waals surface area contributed by atoms with Crippen molar-refractivity contribution in [1.29, 1.82) is 0 Å². The van der Waals surface area contributed by atoms with Crippen LogP contribution < -0.4 is 5.56 Å². The molecule has 0 saturated carbocycles. The van der Waals surface area contributed by atoms with E-state index in [4.69, 9.17) is 16.7 Å². The standard InChI is InChI=1S/C9H5ClN2O3/c10-9-11-6-3-4(8(14)15)1-2-5(6)7(13)12-9/h1-3H,(H,14,15)(H,11,12,13). The van der Waals surface area contributed by atoms with Gasteiger partial charge < -0.3 is 5.11 Å². The highest BCUT2D eigenvalue weighted by Gasteiger charge is 2.07. The van der Waals surface area contributed by atoms with E-state index in [1.54, 1.807) is 0 Å². The number of H-pyrrole nitrogens is 1. The number of fused-ring (bicyclic) bond motifs is 1. The first-order valence-corrected chi connectivity index (χ1v) is 4.38. The highest BCUT2D eigenvalue weighted by molar-refractivity contribution is 6.28. The number of hydrogen-bond donors (Lipinski definition) is 2. The summed E-state index contributed by atoms with van der Waals surface area (Å²) in [6.45, 7) is 0. The van der Waals surface area contributed by atoms with Crippen LogP contribution >= 0.6 is 11.6 Å². The monoisotopic (exact) mass is 224 g/mol. The molecule has 1 heterocycles. The van der Waals surface area contributed by atoms with Crippen molar-refractivity contribution in [1.82, 2.24) is 9.97 Å². The number of carbonyl (C=O) groups is 1. The summed E-state index contributed by atoms with van der Waals surface area (Å²) in [6, 6.07) is 4.05. The second kappa shape index (κ2) is 3.36. The smallest absolute Gasteiger partial charge is 0.335 e. The predicted molar refractivity (Wildman–Crippen MR) is 54.3 cm³/mol. The summed E-state index contributed by atoms with van der Waals surface area (Å²) in [7, 11) is 0. The van der Waals surface area contributed by atoms with Crippen molar-refractivity contribution >= 4 is 28.5 Å². The third kappa shape index (κ3) is 1.69. The molecule has 2 rings (SSSR count). The Morgan fingerprint density at radius 1 is 1.47 bits per heavy atom. The first-order chi connectivity index (χ1) is 7.08. The zero-order valence-electron chi connectivity index (χ0n) is 7.32. The number of hydrogen-bond acceptors (Lipinski definition) is 3. The van der Waals surface area contributed by atoms with Crippen LogP contribution in [0.15, 0.2) is 23.0 Å². The molecule has 0 bridgehead atoms. The van der Waals surface area contributed by atoms with Gasteiger partial charge in [-0.15, -0.1) is 0 Å². The fraction of sp³-hybridized carbons (Fsp3) is 0. The van der Waals surface area contributed by atoms with Crippen LogP contribution in [0.1, 0.15) is 10.4 Å². The Morgan fingerprint density at radius 2 is 2.20 bits per heavy atom. The van der Waals surface area contributed by atoms with E-state index in [0.717, 1.165) is 0 Å². The molecular formula is C9H5ClN2O3. The maximum absolute atomic E-state index is 11.4. The Bertz CT molecular complexity index is 606. The Hall–Kier alpha value is -1.88. The Kier molecular flexibility index (Phi) is 2.17. The lowest BCUT2D eigenvalue weighted by atomic mass is 10.1. The number of aromatic carboxylic acids is 1. The van der Waals surface area contributed by atoms with Gasteiger partial charge in [-0.2, -0.15) is 0 Å². The molecule has 0 saturated heterocycles. The number of nitrogens with zero attached hydrogens (tertiary/aromatic N) is 1. The van der Waals surface area contributed by atoms with E-state index < -0.39 is 5.97 Å². The average molecular weight is 225 g/mol. The van der Waals surface area contributed by atoms with Gasteiger partial charge in [-0.05, 0) is 29.8 Å². The van der Waals surface area contributed by atoms with E-state index in [-0.39, 0.29) is 21.9 Å². The van der Waals surface area contributed by atoms with Crippen molar-refractivity contribution in [2.75, 3.05) is 0 Å². The van der Waals surface area contributed by atoms with Crippen molar-refractivity contribution < 1.29 is 9.90 Å². The second-order valence-corrected chi connectivity index (χ2v) is 3.25. The molecule has 15 heavy (non-hydrogen) atoms. The molecule has 6 heteroatoms. The predicted octanol–water partition coefficient (Wildman–Crippen LogP) is 1.27. The molecule has 0 fully saturated rings. The van der Waals surface area contributed by atoms with Gasteiger partial charge in [0, 0.05) is 0 Å². The average Bonchev–Trinajstić information content (AvgIpc) is 2.16. The first-order valence-electron chi connectivity index (χ1n) is 4.01. The van der Waals surface area contributed by atoms with Crippen LogP contribution in [0.25, 0.3) is 10.9 Å². The van der Waals surface area contributed by atoms with Crippen LogP contribution in [0.2, 0.25) is 5.28 Å². The molecule has 0 atom stereocenters. The van der Waals surface area contributed by atoms with Crippen LogP contribution in [0.4, 0.5) is 0 Å². The molecule has 0 spiro atoms. The van der Waals surface area contributed by atoms with E-state index in [1.165, 1.54) is 18.2 Å². The zero-order valence-corrected chi connectivity index (χ0v) is 8.08. The molecule has 2 N–H and O–H groups in total. The van der Waals surface area contributed by atoms with Crippen LogP contribution in [0.5, 0.6) is 0 Å². The SMILES string of the molecule is O=C(O)c1ccc2c(=O)[nH]c(Cl)nc2c1. The van der Waals surface area contributed by atoms with E-state index in [0.29, 0.717) is 5.39 Å². The molecule has 0 amide bonds. The Labute approximate surface area is 88.3 Å². The number of carboxylic acid groups (broad SMARTS) is 1. The third-order valence-electron chi connectivity index (χ3n) is 1.92. The number of carboxylic acids is 1. The maximum atomic E-state index is 11.4. The van der Waals surface area contributed by atoms with Crippen molar-refractivity contribution in [2.24, 2.45) is 0 Å². The second-order valence-electron chi connectivity index (χ2n) is 2.89. The van der Waals surface area contributed by atoms with Gasteiger partial charge in [0.25, 0.3) is 5.56 Å². The minimum Gasteiger partial charge on any atom is -0.478 e. The summed E-state index contributed by atoms with van der Waals surface area (Å²) in [5.74, 6) is -1.07. The van der Waals surface area contributed by atoms with Gasteiger partial charge in [-0.3, -0.25) is 9.78 Å². The van der Waals surface area contributed by atoms with Crippen LogP contribution in [0.3, 0.4) is 0 Å². The molecule has 0 unspecified atom stereocenters. The number of aromatic nitrogens is 2. The van der Waals surface area contributed by atoms with Gasteiger partial charge >= 0.3 is 5.97 Å². The number of benzene rings is 1. The minimum absolute atomic E-state index is 0.0601. The third-order valence-corrected chi connectivity index (χ3v) is 2.10. The molecule has 0 aliphatic heterocycles. The number of aromatic amines is 1. The Balaban J connectivity index is 2.82. The summed E-state index contributed by atoms with van der Waals surface area (Å²) >= 11 is 5.54. The van der Waals surface area contributed by atoms with Crippen molar-refractivity contribution in [2.45, 2.75) is 0 Å². The van der Waals surface area contributed by atoms with E-state index in [2.05, 4.69) is 9.97 Å². The van der Waals surface area contributed by atoms with Gasteiger partial charge in [-0.25, -0.2) is 9.78 Å². The highest BCUT2D eigenvalue weighted by atomic mass is 35.5. The first kappa shape index (κ1) is 9.67. The molecule has 1 aromatic heterocycles. The van der Waals surface area contributed by atoms with Crippen molar-refractivity contribution in [3.63, 3.8) is 0 Å². The van der Waals surface area contributed by atoms with Gasteiger partial charge in [-0.1, -0.05) is 0 Å². The highest BCUT2D eigenvalue weighted by Crippen LogP contribution is 2.11. The van der Waals surface area contributed by atoms with Gasteiger partial charge in [0.2, 0.25) is 5.28 Å². The summed E-state index contributed by atoms with van der Waals surface area (Å²) in [4.78, 5) is 28.2. The van der Waals surface area contributed by atoms with E-state index in [1.807, 2.05) is 0 Å². The molecular weight excluding hydrogens is 220 g/mol. The summed E-state index contributed by atoms with van der Waals surface area (Å²) in [5.41, 5.74) is -0.0535. The molecule has 0 aliphatic carbocycles. The maximum Gasteiger partial charge on any atom is 0.335 e. The summed E-state index contributed by atoms with van der Waals surface area (Å²) in [6.07, 6.45) is 0. The largest absolute Gasteiger partial charge is 0.478 e. The van der Waals surface area contributed by atoms with Crippen LogP contribution in [0, 0.1) is 0 Å². The minimum atomic E-state index is -1.07. The zero-order chi connectivity index (χ0) is 11.0. The lowest BCUT2D eigenvalue weighted by Gasteiger charge is -1.98. The van der Waals surface area contributed by atoms with E-state index in [9.17, 15) is 9.59 Å². The Morgan fingerprint density at radius 3 is 2.87 bits per heavy atom. The normalized spacial score (nSPS) is 10.5. The summed E-state index contributed by atoms with van der Waals surface area (Å²) in [5, 5.41) is 8.99. The molecule has 1 aromatic carbocycles. The number of rotatable bonds is 1. The molecule has 76 valence electrons. The molecule has 0 aliphatic rings. The van der Waals surface area contributed by atoms with Gasteiger partial charge in [0.1, 0.15) is 0 Å². The van der Waals surface area contributed by atoms with Crippen molar-refractivity contribution in [3.05, 3.63) is 39.4 Å². The fourth-order valence-electron chi connectivity index (χ4n) is 1.24. The lowest BCUT2D eigenvalue weighted by Crippen LogP contribution is -2.08. The molecule has 0 radical (unpaired) electrons. The van der Waals surface area contributed by atoms with Crippen LogP contribution in [-0.2, 0) is 0 Å². The van der Waals surface area contributed by atoms with Crippen molar-refractivity contribution in [3.8, 4) is 0 Å². The summed E-state index contributed by atoms with van der Waals surface area (Å²) < 4.78 is 0. The van der Waals surface area contributed by atoms with E-state index >= 15 is 0 Å². The lowest BCUT2D eigenvalue weighted by molar-refractivity contribution is 0.0697. The fourth-order valence-corrected chi connectivity index (χ4v) is 1.42.